The van der Waals surface area contributed by atoms with Crippen molar-refractivity contribution in [2.45, 2.75) is 0 Å². The number of hydrogen-bond donors (Lipinski definition) is 1. The average Bonchev–Trinajstić information content (AvgIpc) is 3.01. The third-order valence-electron chi connectivity index (χ3n) is 4.43. The molecule has 3 aromatic rings. The van der Waals surface area contributed by atoms with Crippen LogP contribution >= 0.6 is 23.6 Å². The zero-order valence-corrected chi connectivity index (χ0v) is 17.0. The molecular weight excluding hydrogens is 404 g/mol. The van der Waals surface area contributed by atoms with Crippen molar-refractivity contribution >= 4 is 47.7 Å². The summed E-state index contributed by atoms with van der Waals surface area (Å²) in [4.78, 5) is 13.2. The first-order chi connectivity index (χ1) is 14.1. The zero-order valence-electron chi connectivity index (χ0n) is 15.4. The number of carbonyl (C=O) groups excluding carboxylic acids is 1. The third-order valence-corrected chi connectivity index (χ3v) is 5.72. The number of carbonyl (C=O) groups is 1. The van der Waals surface area contributed by atoms with E-state index >= 15 is 0 Å². The molecule has 144 valence electrons. The number of nitrogens with zero attached hydrogens (tertiary/aromatic N) is 2. The smallest absolute Gasteiger partial charge is 0.232 e. The van der Waals surface area contributed by atoms with Crippen LogP contribution in [0.1, 0.15) is 26.4 Å². The van der Waals surface area contributed by atoms with Gasteiger partial charge in [0.15, 0.2) is 9.74 Å². The predicted molar refractivity (Wildman–Crippen MR) is 119 cm³/mol. The van der Waals surface area contributed by atoms with Crippen LogP contribution in [0, 0.1) is 3.95 Å². The van der Waals surface area contributed by atoms with Crippen LogP contribution in [0.3, 0.4) is 0 Å². The largest absolute Gasteiger partial charge is 0.497 e. The van der Waals surface area contributed by atoms with E-state index in [9.17, 15) is 9.90 Å². The van der Waals surface area contributed by atoms with Crippen molar-refractivity contribution in [1.82, 2.24) is 4.68 Å². The van der Waals surface area contributed by atoms with Crippen molar-refractivity contribution in [3.05, 3.63) is 85.7 Å². The highest BCUT2D eigenvalue weighted by molar-refractivity contribution is 7.73. The van der Waals surface area contributed by atoms with E-state index < -0.39 is 0 Å². The molecule has 0 unspecified atom stereocenters. The summed E-state index contributed by atoms with van der Waals surface area (Å²) in [6.07, 6.45) is 6.88. The number of ether oxygens (including phenoxy) is 1. The van der Waals surface area contributed by atoms with Gasteiger partial charge in [0.2, 0.25) is 5.88 Å². The molecule has 0 bridgehead atoms. The van der Waals surface area contributed by atoms with Crippen LogP contribution in [-0.2, 0) is 0 Å². The van der Waals surface area contributed by atoms with Crippen LogP contribution in [0.25, 0.3) is 12.2 Å². The Hall–Kier alpha value is -3.29. The summed E-state index contributed by atoms with van der Waals surface area (Å²) in [5.74, 6) is 0.560. The Labute approximate surface area is 176 Å². The minimum atomic E-state index is -0.0997. The van der Waals surface area contributed by atoms with Crippen LogP contribution in [0.15, 0.2) is 65.3 Å². The Bertz CT molecular complexity index is 1230. The highest BCUT2D eigenvalue weighted by Gasteiger charge is 2.19. The number of thiazole rings is 1. The second-order valence-corrected chi connectivity index (χ2v) is 7.91. The SMILES string of the molecule is COc1ccc(C=Nn2c(O)c(C=C3C=Cc4ccccc4C3=O)sc2=S)cc1. The molecule has 0 aliphatic heterocycles. The molecule has 0 atom stereocenters. The van der Waals surface area contributed by atoms with E-state index in [2.05, 4.69) is 5.10 Å². The summed E-state index contributed by atoms with van der Waals surface area (Å²) < 4.78 is 6.79. The van der Waals surface area contributed by atoms with Gasteiger partial charge in [0.05, 0.1) is 18.2 Å². The first-order valence-corrected chi connectivity index (χ1v) is 9.96. The fourth-order valence-electron chi connectivity index (χ4n) is 2.90. The lowest BCUT2D eigenvalue weighted by Gasteiger charge is -2.11. The lowest BCUT2D eigenvalue weighted by molar-refractivity contribution is 0.103. The van der Waals surface area contributed by atoms with Crippen molar-refractivity contribution in [2.24, 2.45) is 5.10 Å². The summed E-state index contributed by atoms with van der Waals surface area (Å²) in [7, 11) is 1.60. The van der Waals surface area contributed by atoms with E-state index in [0.29, 0.717) is 20.0 Å². The molecule has 1 aromatic heterocycles. The second-order valence-electron chi connectivity index (χ2n) is 6.23. The van der Waals surface area contributed by atoms with Crippen LogP contribution in [0.4, 0.5) is 0 Å². The average molecular weight is 421 g/mol. The summed E-state index contributed by atoms with van der Waals surface area (Å²) in [6, 6.07) is 14.8. The van der Waals surface area contributed by atoms with E-state index in [0.717, 1.165) is 16.9 Å². The first kappa shape index (κ1) is 19.0. The Morgan fingerprint density at radius 1 is 1.14 bits per heavy atom. The van der Waals surface area contributed by atoms with Gasteiger partial charge in [0, 0.05) is 11.1 Å². The lowest BCUT2D eigenvalue weighted by atomic mass is 9.92. The monoisotopic (exact) mass is 420 g/mol. The Morgan fingerprint density at radius 2 is 1.90 bits per heavy atom. The normalized spacial score (nSPS) is 14.5. The number of aromatic nitrogens is 1. The molecule has 0 fully saturated rings. The van der Waals surface area contributed by atoms with Gasteiger partial charge in [-0.2, -0.15) is 9.78 Å². The van der Waals surface area contributed by atoms with Crippen LogP contribution < -0.4 is 4.74 Å². The molecule has 7 heteroatoms. The van der Waals surface area contributed by atoms with Crippen molar-refractivity contribution in [1.29, 1.82) is 0 Å². The van der Waals surface area contributed by atoms with Gasteiger partial charge < -0.3 is 9.84 Å². The highest BCUT2D eigenvalue weighted by Crippen LogP contribution is 2.31. The summed E-state index contributed by atoms with van der Waals surface area (Å²) >= 11 is 6.52. The summed E-state index contributed by atoms with van der Waals surface area (Å²) in [6.45, 7) is 0. The standard InChI is InChI=1S/C22H16N2O3S2/c1-27-17-10-6-14(7-11-17)13-23-24-21(26)19(29-22(24)28)12-16-9-8-15-4-2-3-5-18(15)20(16)25/h2-13,26H,1H3. The zero-order chi connectivity index (χ0) is 20.4. The number of allylic oxidation sites excluding steroid dienone is 2. The van der Waals surface area contributed by atoms with E-state index in [1.165, 1.54) is 16.0 Å². The first-order valence-electron chi connectivity index (χ1n) is 8.73. The number of hydrogen-bond acceptors (Lipinski definition) is 6. The predicted octanol–water partition coefficient (Wildman–Crippen LogP) is 5.17. The Kier molecular flexibility index (Phi) is 5.24. The van der Waals surface area contributed by atoms with Gasteiger partial charge in [0.25, 0.3) is 0 Å². The van der Waals surface area contributed by atoms with Crippen LogP contribution in [0.2, 0.25) is 0 Å². The molecular formula is C22H16N2O3S2. The number of ketones is 1. The highest BCUT2D eigenvalue weighted by atomic mass is 32.1. The topological polar surface area (TPSA) is 63.8 Å². The molecule has 0 radical (unpaired) electrons. The van der Waals surface area contributed by atoms with Crippen molar-refractivity contribution in [3.8, 4) is 11.6 Å². The van der Waals surface area contributed by atoms with E-state index in [4.69, 9.17) is 17.0 Å². The molecule has 0 saturated carbocycles. The van der Waals surface area contributed by atoms with Crippen LogP contribution in [0.5, 0.6) is 11.6 Å². The van der Waals surface area contributed by atoms with E-state index in [1.807, 2.05) is 48.5 Å². The Balaban J connectivity index is 1.64. The number of rotatable bonds is 4. The number of Topliss-reactive ketones (excluding diaryl/α,β-unsaturated/α-hetero) is 1. The molecule has 0 spiro atoms. The van der Waals surface area contributed by atoms with Crippen LogP contribution in [-0.4, -0.2) is 28.9 Å². The van der Waals surface area contributed by atoms with Gasteiger partial charge in [-0.3, -0.25) is 4.79 Å². The molecule has 0 amide bonds. The maximum absolute atomic E-state index is 12.7. The van der Waals surface area contributed by atoms with Crippen molar-refractivity contribution < 1.29 is 14.6 Å². The molecule has 1 heterocycles. The van der Waals surface area contributed by atoms with Gasteiger partial charge in [-0.25, -0.2) is 0 Å². The lowest BCUT2D eigenvalue weighted by Crippen LogP contribution is -2.07. The quantitative estimate of drug-likeness (QED) is 0.359. The number of aromatic hydroxyl groups is 1. The summed E-state index contributed by atoms with van der Waals surface area (Å²) in [5, 5.41) is 14.8. The third kappa shape index (κ3) is 3.83. The minimum Gasteiger partial charge on any atom is -0.497 e. The fraction of sp³-hybridized carbons (Fsp3) is 0.0455. The maximum Gasteiger partial charge on any atom is 0.232 e. The van der Waals surface area contributed by atoms with Gasteiger partial charge in [-0.1, -0.05) is 47.8 Å². The molecule has 0 saturated heterocycles. The Morgan fingerprint density at radius 3 is 2.66 bits per heavy atom. The molecule has 1 aliphatic rings. The molecule has 2 aromatic carbocycles. The molecule has 1 N–H and O–H groups in total. The number of fused-ring (bicyclic) bond motifs is 1. The molecule has 1 aliphatic carbocycles. The number of methoxy groups -OCH3 is 1. The molecule has 29 heavy (non-hydrogen) atoms. The summed E-state index contributed by atoms with van der Waals surface area (Å²) in [5.41, 5.74) is 2.84. The molecule has 5 nitrogen and oxygen atoms in total. The minimum absolute atomic E-state index is 0.0879. The number of benzene rings is 2. The second kappa shape index (κ2) is 7.98. The van der Waals surface area contributed by atoms with Gasteiger partial charge in [-0.05, 0) is 53.7 Å². The van der Waals surface area contributed by atoms with Gasteiger partial charge >= 0.3 is 0 Å². The van der Waals surface area contributed by atoms with Gasteiger partial charge in [-0.15, -0.1) is 0 Å². The molecule has 4 rings (SSSR count). The maximum atomic E-state index is 12.7. The van der Waals surface area contributed by atoms with Crippen molar-refractivity contribution in [2.75, 3.05) is 7.11 Å². The fourth-order valence-corrected chi connectivity index (χ4v) is 4.07. The van der Waals surface area contributed by atoms with Gasteiger partial charge in [0.1, 0.15) is 5.75 Å². The van der Waals surface area contributed by atoms with E-state index in [-0.39, 0.29) is 11.7 Å². The van der Waals surface area contributed by atoms with E-state index in [1.54, 1.807) is 31.5 Å². The van der Waals surface area contributed by atoms with Crippen molar-refractivity contribution in [3.63, 3.8) is 0 Å².